The normalized spacial score (nSPS) is 15.2. The van der Waals surface area contributed by atoms with Crippen LogP contribution in [0.25, 0.3) is 0 Å². The van der Waals surface area contributed by atoms with Crippen molar-refractivity contribution in [2.24, 2.45) is 0 Å². The largest absolute Gasteiger partial charge is 0.462 e. The van der Waals surface area contributed by atoms with Crippen molar-refractivity contribution < 1.29 is 18.7 Å². The van der Waals surface area contributed by atoms with Crippen molar-refractivity contribution in [2.45, 2.75) is 25.8 Å². The lowest BCUT2D eigenvalue weighted by Gasteiger charge is -2.40. The molecule has 1 heterocycles. The van der Waals surface area contributed by atoms with Gasteiger partial charge in [0.1, 0.15) is 11.4 Å². The SMILES string of the molecule is CC1(C)Nc2ccccc2N(CCCOC(=O)c2ccccc2F)C1=O. The summed E-state index contributed by atoms with van der Waals surface area (Å²) in [6, 6.07) is 13.3. The van der Waals surface area contributed by atoms with Crippen LogP contribution in [-0.2, 0) is 9.53 Å². The van der Waals surface area contributed by atoms with Crippen LogP contribution in [-0.4, -0.2) is 30.6 Å². The van der Waals surface area contributed by atoms with Crippen LogP contribution >= 0.6 is 0 Å². The van der Waals surface area contributed by atoms with Gasteiger partial charge < -0.3 is 15.0 Å². The number of halogens is 1. The highest BCUT2D eigenvalue weighted by molar-refractivity contribution is 6.07. The van der Waals surface area contributed by atoms with Crippen LogP contribution in [0, 0.1) is 5.82 Å². The Labute approximate surface area is 151 Å². The highest BCUT2D eigenvalue weighted by atomic mass is 19.1. The Bertz CT molecular complexity index is 835. The fraction of sp³-hybridized carbons (Fsp3) is 0.300. The maximum atomic E-state index is 13.6. The molecular formula is C20H21FN2O3. The Morgan fingerprint density at radius 1 is 1.15 bits per heavy atom. The van der Waals surface area contributed by atoms with Crippen LogP contribution in [0.15, 0.2) is 48.5 Å². The van der Waals surface area contributed by atoms with E-state index in [-0.39, 0.29) is 18.1 Å². The van der Waals surface area contributed by atoms with Gasteiger partial charge in [-0.15, -0.1) is 0 Å². The summed E-state index contributed by atoms with van der Waals surface area (Å²) in [4.78, 5) is 26.3. The minimum atomic E-state index is -0.710. The second kappa shape index (κ2) is 7.15. The van der Waals surface area contributed by atoms with Gasteiger partial charge in [-0.3, -0.25) is 4.79 Å². The third-order valence-electron chi connectivity index (χ3n) is 4.27. The van der Waals surface area contributed by atoms with E-state index in [0.717, 1.165) is 11.4 Å². The average molecular weight is 356 g/mol. The molecule has 0 bridgehead atoms. The number of nitrogens with one attached hydrogen (secondary N) is 1. The van der Waals surface area contributed by atoms with Gasteiger partial charge in [-0.2, -0.15) is 0 Å². The summed E-state index contributed by atoms with van der Waals surface area (Å²) in [6.07, 6.45) is 0.455. The van der Waals surface area contributed by atoms with Crippen LogP contribution in [0.1, 0.15) is 30.6 Å². The van der Waals surface area contributed by atoms with Crippen LogP contribution in [0.2, 0.25) is 0 Å². The highest BCUT2D eigenvalue weighted by Crippen LogP contribution is 2.34. The van der Waals surface area contributed by atoms with E-state index in [2.05, 4.69) is 5.32 Å². The van der Waals surface area contributed by atoms with Crippen LogP contribution in [0.5, 0.6) is 0 Å². The van der Waals surface area contributed by atoms with Crippen molar-refractivity contribution in [2.75, 3.05) is 23.4 Å². The van der Waals surface area contributed by atoms with Crippen LogP contribution in [0.4, 0.5) is 15.8 Å². The topological polar surface area (TPSA) is 58.6 Å². The molecule has 3 rings (SSSR count). The van der Waals surface area contributed by atoms with E-state index in [1.807, 2.05) is 38.1 Å². The molecule has 5 nitrogen and oxygen atoms in total. The third-order valence-corrected chi connectivity index (χ3v) is 4.27. The van der Waals surface area contributed by atoms with Crippen molar-refractivity contribution in [3.63, 3.8) is 0 Å². The number of esters is 1. The predicted octanol–water partition coefficient (Wildman–Crippen LogP) is 3.61. The Morgan fingerprint density at radius 2 is 1.85 bits per heavy atom. The van der Waals surface area contributed by atoms with Gasteiger partial charge in [0.2, 0.25) is 0 Å². The van der Waals surface area contributed by atoms with Crippen molar-refractivity contribution in [1.29, 1.82) is 0 Å². The smallest absolute Gasteiger partial charge is 0.341 e. The van der Waals surface area contributed by atoms with Crippen molar-refractivity contribution in [3.8, 4) is 0 Å². The summed E-state index contributed by atoms with van der Waals surface area (Å²) in [5.41, 5.74) is 0.896. The first-order valence-corrected chi connectivity index (χ1v) is 8.51. The van der Waals surface area contributed by atoms with Gasteiger partial charge in [0.25, 0.3) is 5.91 Å². The van der Waals surface area contributed by atoms with E-state index in [9.17, 15) is 14.0 Å². The summed E-state index contributed by atoms with van der Waals surface area (Å²) in [7, 11) is 0. The maximum Gasteiger partial charge on any atom is 0.341 e. The number of fused-ring (bicyclic) bond motifs is 1. The van der Waals surface area contributed by atoms with E-state index >= 15 is 0 Å². The van der Waals surface area contributed by atoms with Crippen LogP contribution < -0.4 is 10.2 Å². The third kappa shape index (κ3) is 3.54. The van der Waals surface area contributed by atoms with Gasteiger partial charge >= 0.3 is 5.97 Å². The molecule has 0 atom stereocenters. The minimum Gasteiger partial charge on any atom is -0.462 e. The molecule has 0 unspecified atom stereocenters. The molecule has 0 fully saturated rings. The standard InChI is InChI=1S/C20H21FN2O3/c1-20(2)19(25)23(17-11-6-5-10-16(17)22-20)12-7-13-26-18(24)14-8-3-4-9-15(14)21/h3-6,8-11,22H,7,12-13H2,1-2H3. The summed E-state index contributed by atoms with van der Waals surface area (Å²) in [6.45, 7) is 4.17. The molecule has 1 aliphatic heterocycles. The van der Waals surface area contributed by atoms with E-state index in [1.54, 1.807) is 11.0 Å². The molecule has 2 aromatic carbocycles. The molecule has 1 aliphatic rings. The number of carbonyl (C=O) groups excluding carboxylic acids is 2. The van der Waals surface area contributed by atoms with Gasteiger partial charge in [-0.25, -0.2) is 9.18 Å². The van der Waals surface area contributed by atoms with Crippen molar-refractivity contribution in [3.05, 3.63) is 59.9 Å². The number of rotatable bonds is 5. The van der Waals surface area contributed by atoms with E-state index in [0.29, 0.717) is 13.0 Å². The monoisotopic (exact) mass is 356 g/mol. The number of benzene rings is 2. The molecule has 0 aromatic heterocycles. The lowest BCUT2D eigenvalue weighted by molar-refractivity contribution is -0.122. The number of ether oxygens (including phenoxy) is 1. The zero-order chi connectivity index (χ0) is 18.7. The number of amides is 1. The summed E-state index contributed by atoms with van der Waals surface area (Å²) in [5.74, 6) is -1.35. The fourth-order valence-corrected chi connectivity index (χ4v) is 2.97. The maximum absolute atomic E-state index is 13.6. The Hall–Kier alpha value is -2.89. The van der Waals surface area contributed by atoms with Gasteiger partial charge in [-0.05, 0) is 44.5 Å². The van der Waals surface area contributed by atoms with Gasteiger partial charge in [0.05, 0.1) is 23.5 Å². The summed E-state index contributed by atoms with van der Waals surface area (Å²) in [5, 5.41) is 3.23. The quantitative estimate of drug-likeness (QED) is 0.657. The molecule has 6 heteroatoms. The minimum absolute atomic E-state index is 0.0448. The molecule has 26 heavy (non-hydrogen) atoms. The number of hydrogen-bond acceptors (Lipinski definition) is 4. The number of nitrogens with zero attached hydrogens (tertiary/aromatic N) is 1. The predicted molar refractivity (Wildman–Crippen MR) is 97.8 cm³/mol. The molecule has 0 radical (unpaired) electrons. The van der Waals surface area contributed by atoms with E-state index in [1.165, 1.54) is 18.2 Å². The highest BCUT2D eigenvalue weighted by Gasteiger charge is 2.38. The van der Waals surface area contributed by atoms with Gasteiger partial charge in [0.15, 0.2) is 0 Å². The molecule has 0 saturated heterocycles. The van der Waals surface area contributed by atoms with Gasteiger partial charge in [-0.1, -0.05) is 24.3 Å². The second-order valence-corrected chi connectivity index (χ2v) is 6.69. The molecule has 1 N–H and O–H groups in total. The molecule has 1 amide bonds. The average Bonchev–Trinajstić information content (AvgIpc) is 2.61. The summed E-state index contributed by atoms with van der Waals surface area (Å²) < 4.78 is 18.7. The van der Waals surface area contributed by atoms with Crippen molar-refractivity contribution in [1.82, 2.24) is 0 Å². The van der Waals surface area contributed by atoms with E-state index < -0.39 is 17.3 Å². The van der Waals surface area contributed by atoms with Gasteiger partial charge in [0, 0.05) is 6.54 Å². The zero-order valence-electron chi connectivity index (χ0n) is 14.8. The number of hydrogen-bond donors (Lipinski definition) is 1. The summed E-state index contributed by atoms with van der Waals surface area (Å²) >= 11 is 0. The van der Waals surface area contributed by atoms with E-state index in [4.69, 9.17) is 4.74 Å². The fourth-order valence-electron chi connectivity index (χ4n) is 2.97. The Kier molecular flexibility index (Phi) is 4.93. The lowest BCUT2D eigenvalue weighted by atomic mass is 9.98. The zero-order valence-corrected chi connectivity index (χ0v) is 14.8. The first-order valence-electron chi connectivity index (χ1n) is 8.51. The van der Waals surface area contributed by atoms with Crippen LogP contribution in [0.3, 0.4) is 0 Å². The number of carbonyl (C=O) groups is 2. The molecule has 0 spiro atoms. The number of anilines is 2. The number of para-hydroxylation sites is 2. The Balaban J connectivity index is 1.62. The van der Waals surface area contributed by atoms with Crippen molar-refractivity contribution >= 4 is 23.3 Å². The first-order chi connectivity index (χ1) is 12.4. The molecule has 0 saturated carbocycles. The lowest BCUT2D eigenvalue weighted by Crippen LogP contribution is -2.54. The first kappa shape index (κ1) is 17.9. The molecule has 0 aliphatic carbocycles. The second-order valence-electron chi connectivity index (χ2n) is 6.69. The molecular weight excluding hydrogens is 335 g/mol. The molecule has 2 aromatic rings. The molecule has 136 valence electrons. The Morgan fingerprint density at radius 3 is 2.62 bits per heavy atom.